The van der Waals surface area contributed by atoms with Gasteiger partial charge in [-0.3, -0.25) is 4.79 Å². The summed E-state index contributed by atoms with van der Waals surface area (Å²) in [5.41, 5.74) is 1.28. The number of morpholine rings is 1. The number of carbonyl (C=O) groups excluding carboxylic acids is 2. The van der Waals surface area contributed by atoms with E-state index in [1.54, 1.807) is 4.90 Å². The number of esters is 1. The zero-order chi connectivity index (χ0) is 18.8. The van der Waals surface area contributed by atoms with E-state index in [0.29, 0.717) is 24.8 Å². The summed E-state index contributed by atoms with van der Waals surface area (Å²) in [6.45, 7) is 9.37. The predicted molar refractivity (Wildman–Crippen MR) is 101 cm³/mol. The van der Waals surface area contributed by atoms with Crippen molar-refractivity contribution in [3.05, 3.63) is 29.8 Å². The molecule has 1 saturated heterocycles. The van der Waals surface area contributed by atoms with E-state index in [1.807, 2.05) is 26.0 Å². The van der Waals surface area contributed by atoms with Gasteiger partial charge < -0.3 is 14.4 Å². The first-order chi connectivity index (χ1) is 12.0. The van der Waals surface area contributed by atoms with Gasteiger partial charge in [0.05, 0.1) is 26.1 Å². The summed E-state index contributed by atoms with van der Waals surface area (Å²) < 4.78 is 10.0. The van der Waals surface area contributed by atoms with Crippen molar-refractivity contribution in [3.8, 4) is 0 Å². The molecule has 0 aliphatic carbocycles. The molecule has 0 saturated carbocycles. The Morgan fingerprint density at radius 3 is 2.48 bits per heavy atom. The van der Waals surface area contributed by atoms with Crippen LogP contribution >= 0.6 is 11.8 Å². The van der Waals surface area contributed by atoms with Crippen LogP contribution in [0, 0.1) is 0 Å². The van der Waals surface area contributed by atoms with Crippen molar-refractivity contribution in [3.63, 3.8) is 0 Å². The monoisotopic (exact) mass is 367 g/mol. The van der Waals surface area contributed by atoms with E-state index in [4.69, 9.17) is 9.47 Å². The van der Waals surface area contributed by atoms with Gasteiger partial charge in [-0.2, -0.15) is 0 Å². The van der Waals surface area contributed by atoms with Crippen LogP contribution in [0.1, 0.15) is 39.2 Å². The summed E-state index contributed by atoms with van der Waals surface area (Å²) in [5, 5.41) is 0. The highest BCUT2D eigenvalue weighted by Crippen LogP contribution is 2.22. The molecule has 1 atom stereocenters. The van der Waals surface area contributed by atoms with Gasteiger partial charge in [-0.1, -0.05) is 39.8 Å². The Morgan fingerprint density at radius 1 is 1.28 bits per heavy atom. The minimum atomic E-state index is -0.634. The molecule has 1 fully saturated rings. The highest BCUT2D eigenvalue weighted by Gasteiger charge is 2.33. The number of thioether (sulfide) groups is 1. The third-order valence-corrected chi connectivity index (χ3v) is 4.83. The number of methoxy groups -OCH3 is 1. The van der Waals surface area contributed by atoms with E-state index < -0.39 is 12.0 Å². The van der Waals surface area contributed by atoms with Gasteiger partial charge in [0, 0.05) is 11.4 Å². The van der Waals surface area contributed by atoms with Crippen LogP contribution in [-0.2, 0) is 19.1 Å². The smallest absolute Gasteiger partial charge is 0.331 e. The number of rotatable bonds is 5. The molecule has 1 aliphatic heterocycles. The molecule has 1 heterocycles. The molecule has 0 spiro atoms. The van der Waals surface area contributed by atoms with Crippen LogP contribution in [-0.4, -0.2) is 55.4 Å². The van der Waals surface area contributed by atoms with E-state index in [-0.39, 0.29) is 12.5 Å². The molecule has 0 radical (unpaired) electrons. The maximum atomic E-state index is 12.4. The number of ether oxygens (including phenoxy) is 2. The largest absolute Gasteiger partial charge is 0.467 e. The Bertz CT molecular complexity index is 545. The van der Waals surface area contributed by atoms with Gasteiger partial charge in [0.25, 0.3) is 0 Å². The van der Waals surface area contributed by atoms with Gasteiger partial charge in [-0.15, -0.1) is 11.8 Å². The number of hydrogen-bond acceptors (Lipinski definition) is 5. The fraction of sp³-hybridized carbons (Fsp3) is 0.579. The van der Waals surface area contributed by atoms with Crippen molar-refractivity contribution in [1.82, 2.24) is 4.90 Å². The minimum Gasteiger partial charge on any atom is -0.467 e. The van der Waals surface area contributed by atoms with E-state index in [1.165, 1.54) is 24.4 Å². The van der Waals surface area contributed by atoms with Gasteiger partial charge in [0.15, 0.2) is 6.04 Å². The summed E-state index contributed by atoms with van der Waals surface area (Å²) in [4.78, 5) is 26.8. The van der Waals surface area contributed by atoms with Crippen molar-refractivity contribution in [1.29, 1.82) is 0 Å². The zero-order valence-corrected chi connectivity index (χ0v) is 16.6. The molecule has 140 valence electrons. The number of amides is 1. The molecule has 1 amide bonds. The summed E-state index contributed by atoms with van der Waals surface area (Å²) in [7, 11) is 1.32. The van der Waals surface area contributed by atoms with Crippen molar-refractivity contribution < 1.29 is 19.1 Å². The SMILES string of the molecule is CC.COC(=O)C1COCCN1C(=O)CSc1ccc(C(C)C)cc1. The normalized spacial score (nSPS) is 16.9. The number of nitrogens with zero attached hydrogens (tertiary/aromatic N) is 1. The van der Waals surface area contributed by atoms with Crippen LogP contribution in [0.2, 0.25) is 0 Å². The quantitative estimate of drug-likeness (QED) is 0.590. The first-order valence-electron chi connectivity index (χ1n) is 8.70. The average molecular weight is 368 g/mol. The standard InChI is InChI=1S/C17H23NO4S.C2H6/c1-12(2)13-4-6-14(7-5-13)23-11-16(19)18-8-9-22-10-15(18)17(20)21-3;1-2/h4-7,12,15H,8-11H2,1-3H3;1-2H3. The Labute approximate surface area is 155 Å². The lowest BCUT2D eigenvalue weighted by Gasteiger charge is -2.33. The van der Waals surface area contributed by atoms with Crippen LogP contribution in [0.5, 0.6) is 0 Å². The number of benzene rings is 1. The molecule has 6 heteroatoms. The molecule has 0 aromatic heterocycles. The fourth-order valence-corrected chi connectivity index (χ4v) is 3.19. The first kappa shape index (κ1) is 21.5. The summed E-state index contributed by atoms with van der Waals surface area (Å²) in [5.74, 6) is 0.296. The maximum absolute atomic E-state index is 12.4. The van der Waals surface area contributed by atoms with Crippen LogP contribution in [0.4, 0.5) is 0 Å². The van der Waals surface area contributed by atoms with Crippen LogP contribution in [0.3, 0.4) is 0 Å². The van der Waals surface area contributed by atoms with Crippen molar-refractivity contribution in [2.24, 2.45) is 0 Å². The van der Waals surface area contributed by atoms with Gasteiger partial charge in [0.2, 0.25) is 5.91 Å². The van der Waals surface area contributed by atoms with Gasteiger partial charge in [0.1, 0.15) is 0 Å². The Kier molecular flexibility index (Phi) is 9.60. The lowest BCUT2D eigenvalue weighted by molar-refractivity contribution is -0.159. The Morgan fingerprint density at radius 2 is 1.92 bits per heavy atom. The average Bonchev–Trinajstić information content (AvgIpc) is 2.67. The van der Waals surface area contributed by atoms with Crippen LogP contribution in [0.15, 0.2) is 29.2 Å². The second-order valence-corrected chi connectivity index (χ2v) is 6.76. The summed E-state index contributed by atoms with van der Waals surface area (Å²) >= 11 is 1.48. The zero-order valence-electron chi connectivity index (χ0n) is 15.8. The molecule has 1 aromatic carbocycles. The molecule has 0 bridgehead atoms. The third-order valence-electron chi connectivity index (χ3n) is 3.83. The predicted octanol–water partition coefficient (Wildman–Crippen LogP) is 3.33. The fourth-order valence-electron chi connectivity index (χ4n) is 2.41. The highest BCUT2D eigenvalue weighted by atomic mass is 32.2. The summed E-state index contributed by atoms with van der Waals surface area (Å²) in [6.07, 6.45) is 0. The van der Waals surface area contributed by atoms with E-state index >= 15 is 0 Å². The minimum absolute atomic E-state index is 0.0679. The van der Waals surface area contributed by atoms with E-state index in [9.17, 15) is 9.59 Å². The van der Waals surface area contributed by atoms with Gasteiger partial charge in [-0.25, -0.2) is 4.79 Å². The lowest BCUT2D eigenvalue weighted by atomic mass is 10.0. The molecule has 1 unspecified atom stereocenters. The van der Waals surface area contributed by atoms with Crippen molar-refractivity contribution in [2.45, 2.75) is 44.6 Å². The van der Waals surface area contributed by atoms with E-state index in [0.717, 1.165) is 4.90 Å². The number of carbonyl (C=O) groups is 2. The molecule has 1 aliphatic rings. The number of hydrogen-bond donors (Lipinski definition) is 0. The Balaban J connectivity index is 0.00000151. The maximum Gasteiger partial charge on any atom is 0.331 e. The lowest BCUT2D eigenvalue weighted by Crippen LogP contribution is -2.53. The first-order valence-corrected chi connectivity index (χ1v) is 9.69. The van der Waals surface area contributed by atoms with Crippen molar-refractivity contribution >= 4 is 23.6 Å². The van der Waals surface area contributed by atoms with Gasteiger partial charge >= 0.3 is 5.97 Å². The Hall–Kier alpha value is -1.53. The molecule has 1 aromatic rings. The van der Waals surface area contributed by atoms with Crippen LogP contribution in [0.25, 0.3) is 0 Å². The molecule has 25 heavy (non-hydrogen) atoms. The molecular formula is C19H29NO4S. The molecule has 5 nitrogen and oxygen atoms in total. The highest BCUT2D eigenvalue weighted by molar-refractivity contribution is 8.00. The van der Waals surface area contributed by atoms with Crippen molar-refractivity contribution in [2.75, 3.05) is 32.6 Å². The second kappa shape index (κ2) is 11.2. The summed E-state index contributed by atoms with van der Waals surface area (Å²) in [6, 6.07) is 7.60. The van der Waals surface area contributed by atoms with E-state index in [2.05, 4.69) is 26.0 Å². The molecule has 0 N–H and O–H groups in total. The third kappa shape index (κ3) is 6.36. The molecule has 2 rings (SSSR count). The second-order valence-electron chi connectivity index (χ2n) is 5.71. The molecular weight excluding hydrogens is 338 g/mol. The topological polar surface area (TPSA) is 55.8 Å². The van der Waals surface area contributed by atoms with Gasteiger partial charge in [-0.05, 0) is 23.6 Å². The van der Waals surface area contributed by atoms with Crippen LogP contribution < -0.4 is 0 Å².